The zero-order valence-corrected chi connectivity index (χ0v) is 10.2. The maximum absolute atomic E-state index is 11.7. The summed E-state index contributed by atoms with van der Waals surface area (Å²) < 4.78 is 4.90. The molecule has 0 aliphatic rings. The summed E-state index contributed by atoms with van der Waals surface area (Å²) in [5, 5.41) is 0. The second kappa shape index (κ2) is 4.91. The molecule has 18 heavy (non-hydrogen) atoms. The molecular weight excluding hydrogens is 232 g/mol. The highest BCUT2D eigenvalue weighted by atomic mass is 16.5. The lowest BCUT2D eigenvalue weighted by Crippen LogP contribution is -2.08. The molecule has 1 aromatic carbocycles. The number of nitrogens with one attached hydrogen (secondary N) is 2. The molecule has 1 aromatic heterocycles. The molecule has 0 unspecified atom stereocenters. The Balaban J connectivity index is 2.47. The molecule has 0 aliphatic carbocycles. The molecule has 0 radical (unpaired) electrons. The van der Waals surface area contributed by atoms with Crippen LogP contribution in [0.5, 0.6) is 0 Å². The van der Waals surface area contributed by atoms with Crippen LogP contribution in [0.2, 0.25) is 0 Å². The Morgan fingerprint density at radius 3 is 2.50 bits per heavy atom. The molecule has 5 heteroatoms. The van der Waals surface area contributed by atoms with Gasteiger partial charge in [-0.25, -0.2) is 9.59 Å². The number of hydrogen-bond donors (Lipinski definition) is 2. The van der Waals surface area contributed by atoms with E-state index in [1.807, 2.05) is 31.2 Å². The second-order valence-corrected chi connectivity index (χ2v) is 3.92. The Morgan fingerprint density at radius 2 is 1.89 bits per heavy atom. The Bertz CT molecular complexity index is 608. The molecule has 2 aromatic rings. The number of ether oxygens (including phenoxy) is 1. The molecule has 0 saturated carbocycles. The van der Waals surface area contributed by atoms with Crippen molar-refractivity contribution in [1.29, 1.82) is 0 Å². The molecule has 0 spiro atoms. The number of aromatic amines is 2. The number of carbonyl (C=O) groups is 1. The van der Waals surface area contributed by atoms with Gasteiger partial charge in [0.05, 0.1) is 12.3 Å². The predicted octanol–water partition coefficient (Wildman–Crippen LogP) is 1.86. The van der Waals surface area contributed by atoms with Gasteiger partial charge in [0.25, 0.3) is 0 Å². The number of esters is 1. The largest absolute Gasteiger partial charge is 0.461 e. The number of aryl methyl sites for hydroxylation is 1. The highest BCUT2D eigenvalue weighted by Crippen LogP contribution is 2.20. The van der Waals surface area contributed by atoms with Gasteiger partial charge in [0.15, 0.2) is 5.69 Å². The molecule has 0 bridgehead atoms. The van der Waals surface area contributed by atoms with Crippen LogP contribution in [0.1, 0.15) is 23.0 Å². The van der Waals surface area contributed by atoms with Gasteiger partial charge in [0.1, 0.15) is 0 Å². The van der Waals surface area contributed by atoms with E-state index in [1.165, 1.54) is 0 Å². The van der Waals surface area contributed by atoms with E-state index in [1.54, 1.807) is 6.92 Å². The summed E-state index contributed by atoms with van der Waals surface area (Å²) in [6.07, 6.45) is 0. The van der Waals surface area contributed by atoms with Crippen molar-refractivity contribution in [2.24, 2.45) is 0 Å². The fourth-order valence-electron chi connectivity index (χ4n) is 1.68. The zero-order chi connectivity index (χ0) is 13.1. The number of hydrogen-bond acceptors (Lipinski definition) is 3. The Morgan fingerprint density at radius 1 is 1.22 bits per heavy atom. The number of rotatable bonds is 3. The van der Waals surface area contributed by atoms with Gasteiger partial charge in [0.2, 0.25) is 0 Å². The van der Waals surface area contributed by atoms with E-state index in [9.17, 15) is 9.59 Å². The van der Waals surface area contributed by atoms with Gasteiger partial charge in [-0.05, 0) is 13.8 Å². The zero-order valence-electron chi connectivity index (χ0n) is 10.2. The molecule has 5 nitrogen and oxygen atoms in total. The third kappa shape index (κ3) is 2.34. The van der Waals surface area contributed by atoms with Crippen LogP contribution >= 0.6 is 0 Å². The lowest BCUT2D eigenvalue weighted by atomic mass is 10.1. The van der Waals surface area contributed by atoms with Crippen LogP contribution in [0.15, 0.2) is 29.1 Å². The summed E-state index contributed by atoms with van der Waals surface area (Å²) >= 11 is 0. The number of H-pyrrole nitrogens is 2. The van der Waals surface area contributed by atoms with E-state index in [-0.39, 0.29) is 12.3 Å². The maximum Gasteiger partial charge on any atom is 0.357 e. The van der Waals surface area contributed by atoms with E-state index >= 15 is 0 Å². The monoisotopic (exact) mass is 246 g/mol. The van der Waals surface area contributed by atoms with Gasteiger partial charge < -0.3 is 9.72 Å². The third-order valence-corrected chi connectivity index (χ3v) is 2.55. The van der Waals surface area contributed by atoms with Crippen molar-refractivity contribution in [3.63, 3.8) is 0 Å². The summed E-state index contributed by atoms with van der Waals surface area (Å²) in [5.74, 6) is -0.536. The van der Waals surface area contributed by atoms with Crippen molar-refractivity contribution in [2.45, 2.75) is 13.8 Å². The number of benzene rings is 1. The van der Waals surface area contributed by atoms with Crippen LogP contribution in [0.4, 0.5) is 0 Å². The first-order valence-corrected chi connectivity index (χ1v) is 5.68. The van der Waals surface area contributed by atoms with Crippen LogP contribution < -0.4 is 5.69 Å². The molecule has 2 N–H and O–H groups in total. The molecule has 0 atom stereocenters. The Kier molecular flexibility index (Phi) is 3.32. The van der Waals surface area contributed by atoms with Gasteiger partial charge >= 0.3 is 11.7 Å². The normalized spacial score (nSPS) is 10.3. The Hall–Kier alpha value is -2.30. The van der Waals surface area contributed by atoms with Crippen LogP contribution in [0.25, 0.3) is 11.3 Å². The summed E-state index contributed by atoms with van der Waals surface area (Å²) in [7, 11) is 0. The summed E-state index contributed by atoms with van der Waals surface area (Å²) in [4.78, 5) is 28.1. The first-order chi connectivity index (χ1) is 8.61. The average molecular weight is 246 g/mol. The fourth-order valence-corrected chi connectivity index (χ4v) is 1.68. The SMILES string of the molecule is CCOC(=O)c1[nH]c(=O)[nH]c1-c1ccc(C)cc1. The minimum atomic E-state index is -0.536. The third-order valence-electron chi connectivity index (χ3n) is 2.55. The quantitative estimate of drug-likeness (QED) is 0.811. The number of aromatic nitrogens is 2. The van der Waals surface area contributed by atoms with Gasteiger partial charge in [-0.1, -0.05) is 29.8 Å². The lowest BCUT2D eigenvalue weighted by molar-refractivity contribution is 0.0521. The fraction of sp³-hybridized carbons (Fsp3) is 0.231. The lowest BCUT2D eigenvalue weighted by Gasteiger charge is -2.03. The highest BCUT2D eigenvalue weighted by molar-refractivity contribution is 5.94. The van der Waals surface area contributed by atoms with Crippen molar-refractivity contribution in [1.82, 2.24) is 9.97 Å². The maximum atomic E-state index is 11.7. The van der Waals surface area contributed by atoms with E-state index in [4.69, 9.17) is 4.74 Å². The predicted molar refractivity (Wildman–Crippen MR) is 67.5 cm³/mol. The summed E-state index contributed by atoms with van der Waals surface area (Å²) in [6, 6.07) is 7.51. The van der Waals surface area contributed by atoms with Gasteiger partial charge in [-0.2, -0.15) is 0 Å². The molecule has 0 fully saturated rings. The van der Waals surface area contributed by atoms with Crippen LogP contribution in [-0.2, 0) is 4.74 Å². The van der Waals surface area contributed by atoms with Gasteiger partial charge in [0, 0.05) is 5.56 Å². The highest BCUT2D eigenvalue weighted by Gasteiger charge is 2.17. The van der Waals surface area contributed by atoms with Gasteiger partial charge in [-0.3, -0.25) is 4.98 Å². The van der Waals surface area contributed by atoms with Crippen LogP contribution in [-0.4, -0.2) is 22.5 Å². The van der Waals surface area contributed by atoms with Crippen molar-refractivity contribution < 1.29 is 9.53 Å². The minimum absolute atomic E-state index is 0.158. The molecule has 0 aliphatic heterocycles. The van der Waals surface area contributed by atoms with Crippen molar-refractivity contribution in [3.05, 3.63) is 46.0 Å². The molecular formula is C13H14N2O3. The molecule has 94 valence electrons. The van der Waals surface area contributed by atoms with E-state index in [0.717, 1.165) is 11.1 Å². The number of carbonyl (C=O) groups excluding carboxylic acids is 1. The van der Waals surface area contributed by atoms with Crippen molar-refractivity contribution in [3.8, 4) is 11.3 Å². The summed E-state index contributed by atoms with van der Waals surface area (Å²) in [6.45, 7) is 3.95. The first-order valence-electron chi connectivity index (χ1n) is 5.68. The molecule has 1 heterocycles. The van der Waals surface area contributed by atoms with Crippen LogP contribution in [0, 0.1) is 6.92 Å². The Labute approximate surface area is 104 Å². The smallest absolute Gasteiger partial charge is 0.357 e. The second-order valence-electron chi connectivity index (χ2n) is 3.92. The van der Waals surface area contributed by atoms with Gasteiger partial charge in [-0.15, -0.1) is 0 Å². The summed E-state index contributed by atoms with van der Waals surface area (Å²) in [5.41, 5.74) is 2.06. The topological polar surface area (TPSA) is 75.0 Å². The van der Waals surface area contributed by atoms with Crippen molar-refractivity contribution in [2.75, 3.05) is 6.61 Å². The average Bonchev–Trinajstić information content (AvgIpc) is 2.73. The van der Waals surface area contributed by atoms with Crippen molar-refractivity contribution >= 4 is 5.97 Å². The molecule has 2 rings (SSSR count). The number of imidazole rings is 1. The van der Waals surface area contributed by atoms with E-state index < -0.39 is 11.7 Å². The molecule has 0 saturated heterocycles. The standard InChI is InChI=1S/C13H14N2O3/c1-3-18-12(16)11-10(14-13(17)15-11)9-6-4-8(2)5-7-9/h4-7H,3H2,1-2H3,(H2,14,15,17). The first kappa shape index (κ1) is 12.2. The van der Waals surface area contributed by atoms with Crippen LogP contribution in [0.3, 0.4) is 0 Å². The van der Waals surface area contributed by atoms with E-state index in [0.29, 0.717) is 5.69 Å². The molecule has 0 amide bonds. The minimum Gasteiger partial charge on any atom is -0.461 e. The van der Waals surface area contributed by atoms with E-state index in [2.05, 4.69) is 9.97 Å².